The van der Waals surface area contributed by atoms with Gasteiger partial charge in [-0.15, -0.1) is 0 Å². The third-order valence-corrected chi connectivity index (χ3v) is 2.37. The molecule has 0 aromatic carbocycles. The molecule has 0 unspecified atom stereocenters. The number of amides is 1. The standard InChI is InChI=1S/C12H19N3O5/c1-7(2)4-9(12(17)18)14-10(16)5-19-6-11-13-8(3)15-20-11/h7,9H,4-6H2,1-3H3,(H,14,16)(H,17,18)/t9-/m0/s1. The van der Waals surface area contributed by atoms with Crippen LogP contribution >= 0.6 is 0 Å². The second-order valence-corrected chi connectivity index (χ2v) is 4.82. The van der Waals surface area contributed by atoms with Crippen LogP contribution in [0.2, 0.25) is 0 Å². The van der Waals surface area contributed by atoms with Gasteiger partial charge in [0.1, 0.15) is 19.3 Å². The van der Waals surface area contributed by atoms with E-state index in [-0.39, 0.29) is 25.0 Å². The third-order valence-electron chi connectivity index (χ3n) is 2.37. The number of nitrogens with one attached hydrogen (secondary N) is 1. The van der Waals surface area contributed by atoms with Crippen LogP contribution in [0, 0.1) is 12.8 Å². The van der Waals surface area contributed by atoms with Gasteiger partial charge in [0.15, 0.2) is 5.82 Å². The number of ether oxygens (including phenoxy) is 1. The summed E-state index contributed by atoms with van der Waals surface area (Å²) < 4.78 is 9.89. The molecular formula is C12H19N3O5. The van der Waals surface area contributed by atoms with Gasteiger partial charge in [0, 0.05) is 0 Å². The van der Waals surface area contributed by atoms with Crippen LogP contribution in [0.4, 0.5) is 0 Å². The molecule has 0 saturated carbocycles. The van der Waals surface area contributed by atoms with Crippen LogP contribution in [0.15, 0.2) is 4.52 Å². The van der Waals surface area contributed by atoms with Crippen LogP contribution in [-0.4, -0.2) is 39.8 Å². The van der Waals surface area contributed by atoms with Gasteiger partial charge in [-0.2, -0.15) is 4.98 Å². The number of carboxylic acids is 1. The molecule has 1 aromatic heterocycles. The predicted octanol–water partition coefficient (Wildman–Crippen LogP) is 0.510. The molecule has 8 heteroatoms. The molecule has 20 heavy (non-hydrogen) atoms. The van der Waals surface area contributed by atoms with E-state index in [1.807, 2.05) is 13.8 Å². The molecule has 0 aliphatic heterocycles. The van der Waals surface area contributed by atoms with Gasteiger partial charge >= 0.3 is 5.97 Å². The Morgan fingerprint density at radius 1 is 1.45 bits per heavy atom. The minimum Gasteiger partial charge on any atom is -0.480 e. The molecule has 1 heterocycles. The normalized spacial score (nSPS) is 12.4. The molecule has 1 atom stereocenters. The zero-order valence-electron chi connectivity index (χ0n) is 11.8. The van der Waals surface area contributed by atoms with Crippen molar-refractivity contribution in [2.24, 2.45) is 5.92 Å². The lowest BCUT2D eigenvalue weighted by molar-refractivity contribution is -0.143. The Bertz CT molecular complexity index is 458. The molecule has 0 spiro atoms. The number of hydrogen-bond acceptors (Lipinski definition) is 6. The molecule has 1 aromatic rings. The van der Waals surface area contributed by atoms with E-state index in [4.69, 9.17) is 14.4 Å². The number of carboxylic acid groups (broad SMARTS) is 1. The monoisotopic (exact) mass is 285 g/mol. The summed E-state index contributed by atoms with van der Waals surface area (Å²) in [5.74, 6) is -0.629. The number of aliphatic carboxylic acids is 1. The molecule has 8 nitrogen and oxygen atoms in total. The van der Waals surface area contributed by atoms with Gasteiger partial charge in [0.05, 0.1) is 0 Å². The van der Waals surface area contributed by atoms with Gasteiger partial charge in [-0.3, -0.25) is 4.79 Å². The van der Waals surface area contributed by atoms with Crippen molar-refractivity contribution in [3.63, 3.8) is 0 Å². The summed E-state index contributed by atoms with van der Waals surface area (Å²) in [5.41, 5.74) is 0. The summed E-state index contributed by atoms with van der Waals surface area (Å²) >= 11 is 0. The highest BCUT2D eigenvalue weighted by Crippen LogP contribution is 2.05. The van der Waals surface area contributed by atoms with E-state index in [1.54, 1.807) is 6.92 Å². The molecule has 0 saturated heterocycles. The topological polar surface area (TPSA) is 115 Å². The number of rotatable bonds is 8. The number of aromatic nitrogens is 2. The SMILES string of the molecule is Cc1noc(COCC(=O)N[C@@H](CC(C)C)C(=O)O)n1. The lowest BCUT2D eigenvalue weighted by atomic mass is 10.0. The van der Waals surface area contributed by atoms with Crippen LogP contribution in [-0.2, 0) is 20.9 Å². The predicted molar refractivity (Wildman–Crippen MR) is 67.7 cm³/mol. The third kappa shape index (κ3) is 5.79. The summed E-state index contributed by atoms with van der Waals surface area (Å²) in [5, 5.41) is 15.0. The summed E-state index contributed by atoms with van der Waals surface area (Å²) in [6, 6.07) is -0.906. The second-order valence-electron chi connectivity index (χ2n) is 4.82. The summed E-state index contributed by atoms with van der Waals surface area (Å²) in [6.07, 6.45) is 0.365. The fourth-order valence-corrected chi connectivity index (χ4v) is 1.56. The van der Waals surface area contributed by atoms with Crippen molar-refractivity contribution in [2.75, 3.05) is 6.61 Å². The maximum absolute atomic E-state index is 11.6. The Morgan fingerprint density at radius 3 is 2.65 bits per heavy atom. The highest BCUT2D eigenvalue weighted by molar-refractivity contribution is 5.84. The first kappa shape index (κ1) is 16.1. The molecule has 1 rings (SSSR count). The average Bonchev–Trinajstić information content (AvgIpc) is 2.73. The van der Waals surface area contributed by atoms with E-state index >= 15 is 0 Å². The van der Waals surface area contributed by atoms with Crippen LogP contribution in [0.3, 0.4) is 0 Å². The van der Waals surface area contributed by atoms with Crippen molar-refractivity contribution >= 4 is 11.9 Å². The van der Waals surface area contributed by atoms with E-state index in [9.17, 15) is 9.59 Å². The zero-order valence-corrected chi connectivity index (χ0v) is 11.8. The first-order chi connectivity index (χ1) is 9.38. The van der Waals surface area contributed by atoms with Crippen LogP contribution in [0.25, 0.3) is 0 Å². The lowest BCUT2D eigenvalue weighted by Crippen LogP contribution is -2.43. The van der Waals surface area contributed by atoms with E-state index in [0.29, 0.717) is 12.2 Å². The minimum atomic E-state index is -1.06. The number of aryl methyl sites for hydroxylation is 1. The van der Waals surface area contributed by atoms with E-state index in [2.05, 4.69) is 15.5 Å². The smallest absolute Gasteiger partial charge is 0.326 e. The Balaban J connectivity index is 2.32. The van der Waals surface area contributed by atoms with Crippen molar-refractivity contribution in [1.82, 2.24) is 15.5 Å². The first-order valence-electron chi connectivity index (χ1n) is 6.27. The number of hydrogen-bond donors (Lipinski definition) is 2. The largest absolute Gasteiger partial charge is 0.480 e. The van der Waals surface area contributed by atoms with Crippen LogP contribution in [0.5, 0.6) is 0 Å². The molecule has 0 fully saturated rings. The van der Waals surface area contributed by atoms with E-state index in [1.165, 1.54) is 0 Å². The molecule has 112 valence electrons. The Hall–Kier alpha value is -1.96. The number of nitrogens with zero attached hydrogens (tertiary/aromatic N) is 2. The van der Waals surface area contributed by atoms with Crippen molar-refractivity contribution in [1.29, 1.82) is 0 Å². The van der Waals surface area contributed by atoms with Gasteiger partial charge in [0.2, 0.25) is 5.91 Å². The van der Waals surface area contributed by atoms with Gasteiger partial charge in [-0.1, -0.05) is 19.0 Å². The molecule has 1 amide bonds. The summed E-state index contributed by atoms with van der Waals surface area (Å²) in [7, 11) is 0. The molecular weight excluding hydrogens is 266 g/mol. The Kier molecular flexibility index (Phi) is 6.10. The molecule has 0 radical (unpaired) electrons. The van der Waals surface area contributed by atoms with Crippen molar-refractivity contribution < 1.29 is 24.0 Å². The second kappa shape index (κ2) is 7.59. The number of carbonyl (C=O) groups is 2. The quantitative estimate of drug-likeness (QED) is 0.715. The maximum Gasteiger partial charge on any atom is 0.326 e. The van der Waals surface area contributed by atoms with Crippen molar-refractivity contribution in [2.45, 2.75) is 39.8 Å². The Morgan fingerprint density at radius 2 is 2.15 bits per heavy atom. The molecule has 0 aliphatic carbocycles. The van der Waals surface area contributed by atoms with Gasteiger partial charge in [0.25, 0.3) is 5.89 Å². The molecule has 2 N–H and O–H groups in total. The highest BCUT2D eigenvalue weighted by atomic mass is 16.5. The first-order valence-corrected chi connectivity index (χ1v) is 6.27. The van der Waals surface area contributed by atoms with Crippen molar-refractivity contribution in [3.05, 3.63) is 11.7 Å². The zero-order chi connectivity index (χ0) is 15.1. The fraction of sp³-hybridized carbons (Fsp3) is 0.667. The van der Waals surface area contributed by atoms with E-state index in [0.717, 1.165) is 0 Å². The van der Waals surface area contributed by atoms with Gasteiger partial charge in [-0.05, 0) is 19.3 Å². The minimum absolute atomic E-state index is 0.0101. The van der Waals surface area contributed by atoms with Gasteiger partial charge < -0.3 is 19.7 Å². The average molecular weight is 285 g/mol. The summed E-state index contributed by atoms with van der Waals surface area (Å²) in [6.45, 7) is 5.19. The summed E-state index contributed by atoms with van der Waals surface area (Å²) in [4.78, 5) is 26.5. The Labute approximate surface area is 116 Å². The van der Waals surface area contributed by atoms with Crippen molar-refractivity contribution in [3.8, 4) is 0 Å². The molecule has 0 aliphatic rings. The van der Waals surface area contributed by atoms with Gasteiger partial charge in [-0.25, -0.2) is 4.79 Å². The highest BCUT2D eigenvalue weighted by Gasteiger charge is 2.21. The number of carbonyl (C=O) groups excluding carboxylic acids is 1. The molecule has 0 bridgehead atoms. The lowest BCUT2D eigenvalue weighted by Gasteiger charge is -2.16. The maximum atomic E-state index is 11.6. The fourth-order valence-electron chi connectivity index (χ4n) is 1.56. The van der Waals surface area contributed by atoms with Crippen LogP contribution in [0.1, 0.15) is 32.0 Å². The van der Waals surface area contributed by atoms with E-state index < -0.39 is 17.9 Å². The van der Waals surface area contributed by atoms with Crippen LogP contribution < -0.4 is 5.32 Å².